The fourth-order valence-corrected chi connectivity index (χ4v) is 4.49. The lowest BCUT2D eigenvalue weighted by Gasteiger charge is -2.19. The Kier molecular flexibility index (Phi) is 5.02. The van der Waals surface area contributed by atoms with Crippen LogP contribution in [0.25, 0.3) is 21.9 Å². The lowest BCUT2D eigenvalue weighted by Crippen LogP contribution is -2.28. The van der Waals surface area contributed by atoms with Gasteiger partial charge in [0.05, 0.1) is 22.6 Å². The summed E-state index contributed by atoms with van der Waals surface area (Å²) in [7, 11) is 0. The smallest absolute Gasteiger partial charge is 0.254 e. The van der Waals surface area contributed by atoms with Crippen molar-refractivity contribution in [3.8, 4) is 0 Å². The lowest BCUT2D eigenvalue weighted by molar-refractivity contribution is 0.0792. The number of fused-ring (bicyclic) bond motifs is 2. The van der Waals surface area contributed by atoms with Crippen LogP contribution in [0.3, 0.4) is 0 Å². The van der Waals surface area contributed by atoms with Gasteiger partial charge in [0.1, 0.15) is 5.82 Å². The highest BCUT2D eigenvalue weighted by Crippen LogP contribution is 2.30. The fourth-order valence-electron chi connectivity index (χ4n) is 4.32. The van der Waals surface area contributed by atoms with Gasteiger partial charge < -0.3 is 15.2 Å². The molecule has 1 saturated heterocycles. The van der Waals surface area contributed by atoms with Gasteiger partial charge in [-0.2, -0.15) is 0 Å². The Morgan fingerprint density at radius 2 is 2.00 bits per heavy atom. The number of imidazole rings is 1. The van der Waals surface area contributed by atoms with Gasteiger partial charge in [-0.15, -0.1) is 0 Å². The molecule has 6 nitrogen and oxygen atoms in total. The molecule has 1 aliphatic heterocycles. The van der Waals surface area contributed by atoms with Gasteiger partial charge >= 0.3 is 0 Å². The van der Waals surface area contributed by atoms with Crippen molar-refractivity contribution in [1.29, 1.82) is 0 Å². The maximum Gasteiger partial charge on any atom is 0.254 e. The van der Waals surface area contributed by atoms with E-state index in [1.54, 1.807) is 6.20 Å². The van der Waals surface area contributed by atoms with Gasteiger partial charge in [-0.3, -0.25) is 9.78 Å². The minimum absolute atomic E-state index is 0.0528. The van der Waals surface area contributed by atoms with Crippen molar-refractivity contribution < 1.29 is 4.79 Å². The van der Waals surface area contributed by atoms with E-state index in [2.05, 4.69) is 27.2 Å². The molecule has 1 atom stereocenters. The van der Waals surface area contributed by atoms with Crippen LogP contribution in [0.2, 0.25) is 5.02 Å². The van der Waals surface area contributed by atoms with Gasteiger partial charge in [0.15, 0.2) is 0 Å². The van der Waals surface area contributed by atoms with E-state index >= 15 is 0 Å². The van der Waals surface area contributed by atoms with Crippen LogP contribution in [0.5, 0.6) is 0 Å². The maximum atomic E-state index is 12.9. The van der Waals surface area contributed by atoms with Crippen LogP contribution in [-0.4, -0.2) is 38.8 Å². The largest absolute Gasteiger partial charge is 0.375 e. The van der Waals surface area contributed by atoms with E-state index in [0.717, 1.165) is 70.5 Å². The first kappa shape index (κ1) is 19.8. The summed E-state index contributed by atoms with van der Waals surface area (Å²) in [6, 6.07) is 11.5. The van der Waals surface area contributed by atoms with E-state index in [0.29, 0.717) is 5.02 Å². The number of aromatic nitrogens is 3. The minimum atomic E-state index is -0.0528. The molecule has 2 aromatic carbocycles. The van der Waals surface area contributed by atoms with Crippen molar-refractivity contribution in [2.45, 2.75) is 32.7 Å². The number of likely N-dealkylation sites (tertiary alicyclic amines) is 1. The van der Waals surface area contributed by atoms with Crippen molar-refractivity contribution in [3.63, 3.8) is 0 Å². The topological polar surface area (TPSA) is 73.9 Å². The van der Waals surface area contributed by atoms with E-state index in [9.17, 15) is 4.79 Å². The molecule has 0 bridgehead atoms. The van der Waals surface area contributed by atoms with Crippen molar-refractivity contribution in [1.82, 2.24) is 19.9 Å². The lowest BCUT2D eigenvalue weighted by atomic mass is 10.0. The number of amides is 1. The SMILES string of the molecule is Cc1c(C(=O)N2CCCC2)ccc2c(NC(C)c3nc4ccc(Cl)cc4[nH]3)ccnc12. The standard InChI is InChI=1S/C24H24ClN5O/c1-14-17(24(31)30-11-3-4-12-30)6-7-18-19(9-10-26-22(14)18)27-15(2)23-28-20-8-5-16(25)13-21(20)29-23/h5-10,13,15H,3-4,11-12H2,1-2H3,(H,26,27)(H,28,29). The molecule has 1 unspecified atom stereocenters. The van der Waals surface area contributed by atoms with E-state index in [4.69, 9.17) is 11.6 Å². The first-order valence-electron chi connectivity index (χ1n) is 10.6. The predicted molar refractivity (Wildman–Crippen MR) is 125 cm³/mol. The van der Waals surface area contributed by atoms with E-state index < -0.39 is 0 Å². The number of rotatable bonds is 4. The van der Waals surface area contributed by atoms with Crippen LogP contribution in [0.4, 0.5) is 5.69 Å². The Balaban J connectivity index is 1.46. The molecule has 0 saturated carbocycles. The van der Waals surface area contributed by atoms with Crippen molar-refractivity contribution in [3.05, 3.63) is 64.6 Å². The number of aromatic amines is 1. The molecule has 0 radical (unpaired) electrons. The van der Waals surface area contributed by atoms with Gasteiger partial charge in [-0.05, 0) is 68.7 Å². The average Bonchev–Trinajstić information content (AvgIpc) is 3.44. The molecule has 2 aromatic heterocycles. The van der Waals surface area contributed by atoms with Crippen LogP contribution in [0.1, 0.15) is 47.6 Å². The third kappa shape index (κ3) is 3.61. The molecule has 5 rings (SSSR count). The molecule has 7 heteroatoms. The van der Waals surface area contributed by atoms with Crippen LogP contribution < -0.4 is 5.32 Å². The highest BCUT2D eigenvalue weighted by atomic mass is 35.5. The van der Waals surface area contributed by atoms with Crippen molar-refractivity contribution in [2.24, 2.45) is 0 Å². The van der Waals surface area contributed by atoms with Crippen LogP contribution in [0.15, 0.2) is 42.6 Å². The summed E-state index contributed by atoms with van der Waals surface area (Å²) in [5.74, 6) is 0.936. The Hall–Kier alpha value is -3.12. The molecule has 31 heavy (non-hydrogen) atoms. The molecule has 2 N–H and O–H groups in total. The summed E-state index contributed by atoms with van der Waals surface area (Å²) in [5.41, 5.74) is 5.26. The molecule has 0 aliphatic carbocycles. The summed E-state index contributed by atoms with van der Waals surface area (Å²) in [6.07, 6.45) is 3.94. The number of H-pyrrole nitrogens is 1. The highest BCUT2D eigenvalue weighted by molar-refractivity contribution is 6.31. The Bertz CT molecular complexity index is 1290. The number of carbonyl (C=O) groups is 1. The Morgan fingerprint density at radius 1 is 1.19 bits per heavy atom. The predicted octanol–water partition coefficient (Wildman–Crippen LogP) is 5.48. The summed E-state index contributed by atoms with van der Waals surface area (Å²) in [5, 5.41) is 5.21. The molecule has 158 valence electrons. The number of pyridine rings is 1. The van der Waals surface area contributed by atoms with Crippen LogP contribution >= 0.6 is 11.6 Å². The highest BCUT2D eigenvalue weighted by Gasteiger charge is 2.22. The second-order valence-electron chi connectivity index (χ2n) is 8.14. The zero-order valence-electron chi connectivity index (χ0n) is 17.6. The number of halogens is 1. The number of nitrogens with zero attached hydrogens (tertiary/aromatic N) is 3. The first-order chi connectivity index (χ1) is 15.0. The molecule has 0 spiro atoms. The maximum absolute atomic E-state index is 12.9. The summed E-state index contributed by atoms with van der Waals surface area (Å²) in [4.78, 5) is 27.5. The number of hydrogen-bond acceptors (Lipinski definition) is 4. The average molecular weight is 434 g/mol. The van der Waals surface area contributed by atoms with Crippen LogP contribution in [0, 0.1) is 6.92 Å². The molecule has 1 amide bonds. The summed E-state index contributed by atoms with van der Waals surface area (Å²) in [6.45, 7) is 5.72. The molecule has 4 aromatic rings. The van der Waals surface area contributed by atoms with E-state index in [1.165, 1.54) is 0 Å². The summed E-state index contributed by atoms with van der Waals surface area (Å²) >= 11 is 6.10. The third-order valence-electron chi connectivity index (χ3n) is 6.03. The van der Waals surface area contributed by atoms with Crippen molar-refractivity contribution >= 4 is 45.1 Å². The van der Waals surface area contributed by atoms with Gasteiger partial charge in [0, 0.05) is 40.9 Å². The fraction of sp³-hybridized carbons (Fsp3) is 0.292. The number of aryl methyl sites for hydroxylation is 1. The molecule has 1 aliphatic rings. The normalized spacial score (nSPS) is 15.0. The Labute approximate surface area is 185 Å². The molecule has 3 heterocycles. The monoisotopic (exact) mass is 433 g/mol. The van der Waals surface area contributed by atoms with Gasteiger partial charge in [0.2, 0.25) is 0 Å². The second kappa shape index (κ2) is 7.85. The van der Waals surface area contributed by atoms with Gasteiger partial charge in [0.25, 0.3) is 5.91 Å². The molecular weight excluding hydrogens is 410 g/mol. The number of benzene rings is 2. The second-order valence-corrected chi connectivity index (χ2v) is 8.58. The van der Waals surface area contributed by atoms with Gasteiger partial charge in [-0.25, -0.2) is 4.98 Å². The van der Waals surface area contributed by atoms with Crippen molar-refractivity contribution in [2.75, 3.05) is 18.4 Å². The van der Waals surface area contributed by atoms with Crippen LogP contribution in [-0.2, 0) is 0 Å². The Morgan fingerprint density at radius 3 is 2.81 bits per heavy atom. The number of nitrogens with one attached hydrogen (secondary N) is 2. The van der Waals surface area contributed by atoms with E-state index in [1.807, 2.05) is 48.2 Å². The van der Waals surface area contributed by atoms with Gasteiger partial charge in [-0.1, -0.05) is 11.6 Å². The quantitative estimate of drug-likeness (QED) is 0.446. The number of hydrogen-bond donors (Lipinski definition) is 2. The minimum Gasteiger partial charge on any atom is -0.375 e. The molecule has 1 fully saturated rings. The first-order valence-corrected chi connectivity index (χ1v) is 11.0. The summed E-state index contributed by atoms with van der Waals surface area (Å²) < 4.78 is 0. The zero-order valence-corrected chi connectivity index (χ0v) is 18.3. The number of carbonyl (C=O) groups excluding carboxylic acids is 1. The third-order valence-corrected chi connectivity index (χ3v) is 6.27. The zero-order chi connectivity index (χ0) is 21.5. The molecular formula is C24H24ClN5O. The number of anilines is 1. The van der Waals surface area contributed by atoms with E-state index in [-0.39, 0.29) is 11.9 Å².